The smallest absolute Gasteiger partial charge is 0.379 e. The van der Waals surface area contributed by atoms with Crippen molar-refractivity contribution in [3.05, 3.63) is 88.2 Å². The molecule has 6 heteroatoms. The van der Waals surface area contributed by atoms with Gasteiger partial charge in [0.2, 0.25) is 16.9 Å². The average Bonchev–Trinajstić information content (AvgIpc) is 3.22. The van der Waals surface area contributed by atoms with E-state index in [2.05, 4.69) is 0 Å². The minimum atomic E-state index is -0.637. The third-order valence-corrected chi connectivity index (χ3v) is 4.21. The third kappa shape index (κ3) is 3.40. The Morgan fingerprint density at radius 1 is 0.964 bits per heavy atom. The highest BCUT2D eigenvalue weighted by atomic mass is 16.5. The zero-order chi connectivity index (χ0) is 19.7. The van der Waals surface area contributed by atoms with E-state index in [4.69, 9.17) is 18.3 Å². The van der Waals surface area contributed by atoms with E-state index in [1.165, 1.54) is 36.8 Å². The lowest BCUT2D eigenvalue weighted by Crippen LogP contribution is -2.08. The summed E-state index contributed by atoms with van der Waals surface area (Å²) in [5.74, 6) is 0.359. The highest BCUT2D eigenvalue weighted by Gasteiger charge is 2.14. The van der Waals surface area contributed by atoms with Crippen molar-refractivity contribution in [3.63, 3.8) is 0 Å². The number of hydrogen-bond acceptors (Lipinski definition) is 6. The largest absolute Gasteiger partial charge is 0.460 e. The number of carbonyl (C=O) groups is 1. The van der Waals surface area contributed by atoms with Gasteiger partial charge in [-0.25, -0.2) is 4.79 Å². The van der Waals surface area contributed by atoms with E-state index in [0.29, 0.717) is 11.1 Å². The van der Waals surface area contributed by atoms with Crippen molar-refractivity contribution in [2.45, 2.75) is 13.8 Å². The number of carbonyl (C=O) groups excluding carboxylic acids is 1. The molecule has 0 spiro atoms. The SMILES string of the molecule is Cc1ccc(C)c(Oc2coc3cc(OC(=O)c4ccco4)ccc3c2=O)c1. The Labute approximate surface area is 159 Å². The Balaban J connectivity index is 1.64. The predicted octanol–water partition coefficient (Wildman–Crippen LogP) is 5.01. The lowest BCUT2D eigenvalue weighted by molar-refractivity contribution is 0.0701. The second kappa shape index (κ2) is 7.08. The molecule has 0 unspecified atom stereocenters. The van der Waals surface area contributed by atoms with E-state index in [1.807, 2.05) is 32.0 Å². The summed E-state index contributed by atoms with van der Waals surface area (Å²) in [6.07, 6.45) is 2.64. The molecule has 4 aromatic rings. The van der Waals surface area contributed by atoms with Crippen LogP contribution in [0.25, 0.3) is 11.0 Å². The molecule has 0 fully saturated rings. The number of fused-ring (bicyclic) bond motifs is 1. The topological polar surface area (TPSA) is 78.9 Å². The fourth-order valence-corrected chi connectivity index (χ4v) is 2.71. The molecule has 140 valence electrons. The van der Waals surface area contributed by atoms with Crippen LogP contribution in [-0.4, -0.2) is 5.97 Å². The highest BCUT2D eigenvalue weighted by Crippen LogP contribution is 2.27. The van der Waals surface area contributed by atoms with Gasteiger partial charge in [0, 0.05) is 6.07 Å². The fourth-order valence-electron chi connectivity index (χ4n) is 2.71. The summed E-state index contributed by atoms with van der Waals surface area (Å²) in [5.41, 5.74) is 1.90. The maximum Gasteiger partial charge on any atom is 0.379 e. The van der Waals surface area contributed by atoms with Crippen LogP contribution in [-0.2, 0) is 0 Å². The summed E-state index contributed by atoms with van der Waals surface area (Å²) < 4.78 is 21.5. The molecule has 6 nitrogen and oxygen atoms in total. The number of aryl methyl sites for hydroxylation is 2. The van der Waals surface area contributed by atoms with Crippen LogP contribution < -0.4 is 14.9 Å². The lowest BCUT2D eigenvalue weighted by atomic mass is 10.1. The van der Waals surface area contributed by atoms with Crippen LogP contribution in [0.2, 0.25) is 0 Å². The second-order valence-corrected chi connectivity index (χ2v) is 6.32. The molecular formula is C22H16O6. The van der Waals surface area contributed by atoms with Gasteiger partial charge in [0.05, 0.1) is 11.6 Å². The Hall–Kier alpha value is -3.80. The number of hydrogen-bond donors (Lipinski definition) is 0. The number of rotatable bonds is 4. The number of furan rings is 1. The Bertz CT molecular complexity index is 1220. The highest BCUT2D eigenvalue weighted by molar-refractivity contribution is 5.89. The van der Waals surface area contributed by atoms with Crippen molar-refractivity contribution in [3.8, 4) is 17.2 Å². The van der Waals surface area contributed by atoms with Gasteiger partial charge < -0.3 is 18.3 Å². The predicted molar refractivity (Wildman–Crippen MR) is 102 cm³/mol. The van der Waals surface area contributed by atoms with Gasteiger partial charge in [-0.05, 0) is 55.3 Å². The van der Waals surface area contributed by atoms with E-state index >= 15 is 0 Å². The molecule has 4 rings (SSSR count). The molecule has 0 N–H and O–H groups in total. The molecule has 0 bridgehead atoms. The van der Waals surface area contributed by atoms with E-state index in [9.17, 15) is 9.59 Å². The Kier molecular flexibility index (Phi) is 4.45. The maximum absolute atomic E-state index is 12.7. The average molecular weight is 376 g/mol. The first-order valence-corrected chi connectivity index (χ1v) is 8.57. The van der Waals surface area contributed by atoms with Crippen molar-refractivity contribution in [2.24, 2.45) is 0 Å². The normalized spacial score (nSPS) is 10.8. The van der Waals surface area contributed by atoms with Crippen LogP contribution in [0.4, 0.5) is 0 Å². The van der Waals surface area contributed by atoms with E-state index in [1.54, 1.807) is 6.07 Å². The van der Waals surface area contributed by atoms with Gasteiger partial charge >= 0.3 is 5.97 Å². The zero-order valence-corrected chi connectivity index (χ0v) is 15.2. The van der Waals surface area contributed by atoms with Crippen LogP contribution in [0.3, 0.4) is 0 Å². The van der Waals surface area contributed by atoms with Crippen LogP contribution in [0.15, 0.2) is 74.7 Å². The van der Waals surface area contributed by atoms with Gasteiger partial charge in [-0.3, -0.25) is 4.79 Å². The summed E-state index contributed by atoms with van der Waals surface area (Å²) in [4.78, 5) is 24.7. The minimum Gasteiger partial charge on any atom is -0.460 e. The van der Waals surface area contributed by atoms with Crippen LogP contribution >= 0.6 is 0 Å². The summed E-state index contributed by atoms with van der Waals surface area (Å²) in [6, 6.07) is 13.4. The van der Waals surface area contributed by atoms with E-state index in [-0.39, 0.29) is 28.3 Å². The molecule has 0 amide bonds. The first kappa shape index (κ1) is 17.6. The fraction of sp³-hybridized carbons (Fsp3) is 0.0909. The van der Waals surface area contributed by atoms with Crippen molar-refractivity contribution < 1.29 is 23.1 Å². The molecule has 0 aliphatic rings. The molecule has 28 heavy (non-hydrogen) atoms. The molecule has 0 saturated heterocycles. The van der Waals surface area contributed by atoms with Crippen LogP contribution in [0.5, 0.6) is 17.2 Å². The molecule has 2 aromatic heterocycles. The van der Waals surface area contributed by atoms with Crippen molar-refractivity contribution in [1.82, 2.24) is 0 Å². The first-order chi connectivity index (χ1) is 13.5. The third-order valence-electron chi connectivity index (χ3n) is 4.21. The van der Waals surface area contributed by atoms with Gasteiger partial charge in [0.1, 0.15) is 23.3 Å². The number of benzene rings is 2. The van der Waals surface area contributed by atoms with Gasteiger partial charge in [-0.15, -0.1) is 0 Å². The van der Waals surface area contributed by atoms with Crippen molar-refractivity contribution >= 4 is 16.9 Å². The van der Waals surface area contributed by atoms with Gasteiger partial charge in [0.15, 0.2) is 0 Å². The Morgan fingerprint density at radius 2 is 1.82 bits per heavy atom. The molecule has 0 radical (unpaired) electrons. The molecule has 2 aromatic carbocycles. The second-order valence-electron chi connectivity index (χ2n) is 6.32. The minimum absolute atomic E-state index is 0.0822. The molecule has 0 aliphatic heterocycles. The molecule has 0 saturated carbocycles. The number of esters is 1. The molecule has 0 atom stereocenters. The van der Waals surface area contributed by atoms with E-state index < -0.39 is 5.97 Å². The lowest BCUT2D eigenvalue weighted by Gasteiger charge is -2.09. The van der Waals surface area contributed by atoms with Crippen molar-refractivity contribution in [2.75, 3.05) is 0 Å². The molecule has 0 aliphatic carbocycles. The summed E-state index contributed by atoms with van der Waals surface area (Å²) in [5, 5.41) is 0.320. The monoisotopic (exact) mass is 376 g/mol. The maximum atomic E-state index is 12.7. The molecular weight excluding hydrogens is 360 g/mol. The molecule has 2 heterocycles. The summed E-state index contributed by atoms with van der Waals surface area (Å²) in [7, 11) is 0. The summed E-state index contributed by atoms with van der Waals surface area (Å²) in [6.45, 7) is 3.85. The number of ether oxygens (including phenoxy) is 2. The summed E-state index contributed by atoms with van der Waals surface area (Å²) >= 11 is 0. The van der Waals surface area contributed by atoms with Crippen LogP contribution in [0, 0.1) is 13.8 Å². The standard InChI is InChI=1S/C22H16O6/c1-13-5-6-14(2)18(10-13)28-20-12-26-19-11-15(7-8-16(19)21(20)23)27-22(24)17-4-3-9-25-17/h3-12H,1-2H3. The first-order valence-electron chi connectivity index (χ1n) is 8.57. The van der Waals surface area contributed by atoms with Crippen molar-refractivity contribution in [1.29, 1.82) is 0 Å². The Morgan fingerprint density at radius 3 is 2.61 bits per heavy atom. The van der Waals surface area contributed by atoms with E-state index in [0.717, 1.165) is 11.1 Å². The van der Waals surface area contributed by atoms with Crippen LogP contribution in [0.1, 0.15) is 21.7 Å². The van der Waals surface area contributed by atoms with Gasteiger partial charge in [0.25, 0.3) is 0 Å². The quantitative estimate of drug-likeness (QED) is 0.368. The van der Waals surface area contributed by atoms with Gasteiger partial charge in [-0.1, -0.05) is 12.1 Å². The van der Waals surface area contributed by atoms with Gasteiger partial charge in [-0.2, -0.15) is 0 Å². The zero-order valence-electron chi connectivity index (χ0n) is 15.2.